The molecule has 4 aromatic rings. The van der Waals surface area contributed by atoms with E-state index in [4.69, 9.17) is 15.0 Å². The van der Waals surface area contributed by atoms with Crippen molar-refractivity contribution in [1.29, 1.82) is 0 Å². The lowest BCUT2D eigenvalue weighted by atomic mass is 9.87. The van der Waals surface area contributed by atoms with Gasteiger partial charge in [0.1, 0.15) is 0 Å². The maximum absolute atomic E-state index is 4.88. The Morgan fingerprint density at radius 2 is 1.25 bits per heavy atom. The summed E-state index contributed by atoms with van der Waals surface area (Å²) in [6.07, 6.45) is 6.72. The molecular formula is C29H23N3. The van der Waals surface area contributed by atoms with Crippen LogP contribution < -0.4 is 0 Å². The van der Waals surface area contributed by atoms with Crippen molar-refractivity contribution in [2.45, 2.75) is 25.7 Å². The molecule has 1 heterocycles. The zero-order valence-electron chi connectivity index (χ0n) is 18.0. The molecule has 0 N–H and O–H groups in total. The van der Waals surface area contributed by atoms with E-state index in [0.717, 1.165) is 35.4 Å². The Hall–Kier alpha value is -3.85. The van der Waals surface area contributed by atoms with Crippen LogP contribution in [0.3, 0.4) is 0 Å². The number of hydrogen-bond acceptors (Lipinski definition) is 3. The average Bonchev–Trinajstić information content (AvgIpc) is 3.22. The molecule has 0 radical (unpaired) electrons. The summed E-state index contributed by atoms with van der Waals surface area (Å²) >= 11 is 0. The Balaban J connectivity index is 1.46. The van der Waals surface area contributed by atoms with E-state index in [-0.39, 0.29) is 0 Å². The normalized spacial score (nSPS) is 16.7. The smallest absolute Gasteiger partial charge is 0.164 e. The number of benzene rings is 3. The van der Waals surface area contributed by atoms with Crippen molar-refractivity contribution in [1.82, 2.24) is 15.0 Å². The van der Waals surface area contributed by atoms with E-state index in [1.54, 1.807) is 0 Å². The number of aromatic nitrogens is 3. The van der Waals surface area contributed by atoms with Crippen LogP contribution >= 0.6 is 0 Å². The van der Waals surface area contributed by atoms with Crippen LogP contribution in [0.25, 0.3) is 34.2 Å². The highest BCUT2D eigenvalue weighted by molar-refractivity contribution is 5.68. The quantitative estimate of drug-likeness (QED) is 0.371. The van der Waals surface area contributed by atoms with Gasteiger partial charge in [-0.3, -0.25) is 0 Å². The van der Waals surface area contributed by atoms with Crippen molar-refractivity contribution in [3.8, 4) is 34.2 Å². The summed E-state index contributed by atoms with van der Waals surface area (Å²) in [6.45, 7) is 2.22. The molecule has 2 aliphatic rings. The third-order valence-corrected chi connectivity index (χ3v) is 6.43. The van der Waals surface area contributed by atoms with E-state index in [1.807, 2.05) is 60.7 Å². The minimum Gasteiger partial charge on any atom is -0.208 e. The highest BCUT2D eigenvalue weighted by Crippen LogP contribution is 2.44. The molecule has 3 nitrogen and oxygen atoms in total. The van der Waals surface area contributed by atoms with Gasteiger partial charge in [-0.2, -0.15) is 0 Å². The van der Waals surface area contributed by atoms with Crippen LogP contribution in [0.5, 0.6) is 0 Å². The van der Waals surface area contributed by atoms with Crippen LogP contribution in [0.2, 0.25) is 0 Å². The van der Waals surface area contributed by atoms with Crippen LogP contribution in [-0.4, -0.2) is 15.0 Å². The molecule has 0 saturated heterocycles. The Morgan fingerprint density at radius 3 is 1.88 bits per heavy atom. The lowest BCUT2D eigenvalue weighted by Crippen LogP contribution is -2.02. The van der Waals surface area contributed by atoms with Crippen LogP contribution in [0.4, 0.5) is 0 Å². The lowest BCUT2D eigenvalue weighted by molar-refractivity contribution is 0.785. The van der Waals surface area contributed by atoms with Crippen molar-refractivity contribution in [3.05, 3.63) is 113 Å². The van der Waals surface area contributed by atoms with Crippen molar-refractivity contribution in [2.75, 3.05) is 0 Å². The SMILES string of the molecule is CC1=CC=C2Cc3cc(-c4nc(-c5ccccc5)nc(-c5ccccc5)n4)ccc3C2C1. The van der Waals surface area contributed by atoms with Gasteiger partial charge >= 0.3 is 0 Å². The summed E-state index contributed by atoms with van der Waals surface area (Å²) in [7, 11) is 0. The molecule has 6 rings (SSSR count). The first-order valence-electron chi connectivity index (χ1n) is 11.1. The first-order chi connectivity index (χ1) is 15.7. The molecule has 32 heavy (non-hydrogen) atoms. The second kappa shape index (κ2) is 7.69. The second-order valence-corrected chi connectivity index (χ2v) is 8.64. The number of fused-ring (bicyclic) bond motifs is 3. The van der Waals surface area contributed by atoms with Crippen molar-refractivity contribution in [3.63, 3.8) is 0 Å². The largest absolute Gasteiger partial charge is 0.208 e. The third-order valence-electron chi connectivity index (χ3n) is 6.43. The Morgan fingerprint density at radius 1 is 0.656 bits per heavy atom. The summed E-state index contributed by atoms with van der Waals surface area (Å²) in [5, 5.41) is 0. The van der Waals surface area contributed by atoms with Gasteiger partial charge in [-0.05, 0) is 37.0 Å². The molecule has 1 unspecified atom stereocenters. The summed E-state index contributed by atoms with van der Waals surface area (Å²) < 4.78 is 0. The molecular weight excluding hydrogens is 390 g/mol. The molecule has 3 heteroatoms. The fourth-order valence-corrected chi connectivity index (χ4v) is 4.77. The third kappa shape index (κ3) is 3.36. The minimum atomic E-state index is 0.530. The average molecular weight is 414 g/mol. The molecule has 3 aromatic carbocycles. The Kier molecular flexibility index (Phi) is 4.53. The standard InChI is InChI=1S/C29H23N3/c1-19-12-13-22-17-24-18-23(14-15-25(24)26(22)16-19)29-31-27(20-8-4-2-5-9-20)30-28(32-29)21-10-6-3-7-11-21/h2-15,18,26H,16-17H2,1H3. The van der Waals surface area contributed by atoms with Crippen LogP contribution in [0.15, 0.2) is 102 Å². The predicted octanol–water partition coefficient (Wildman–Crippen LogP) is 6.79. The molecule has 0 saturated carbocycles. The van der Waals surface area contributed by atoms with Crippen LogP contribution in [0.1, 0.15) is 30.4 Å². The Bertz CT molecular complexity index is 1310. The van der Waals surface area contributed by atoms with Gasteiger partial charge in [0, 0.05) is 22.6 Å². The topological polar surface area (TPSA) is 38.7 Å². The molecule has 1 aromatic heterocycles. The monoisotopic (exact) mass is 413 g/mol. The molecule has 1 atom stereocenters. The maximum Gasteiger partial charge on any atom is 0.164 e. The summed E-state index contributed by atoms with van der Waals surface area (Å²) in [5.41, 5.74) is 8.85. The van der Waals surface area contributed by atoms with Crippen molar-refractivity contribution >= 4 is 0 Å². The summed E-state index contributed by atoms with van der Waals surface area (Å²) in [5.74, 6) is 2.65. The van der Waals surface area contributed by atoms with E-state index in [0.29, 0.717) is 17.6 Å². The molecule has 0 aliphatic heterocycles. The minimum absolute atomic E-state index is 0.530. The van der Waals surface area contributed by atoms with Gasteiger partial charge in [-0.1, -0.05) is 96.1 Å². The maximum atomic E-state index is 4.88. The molecule has 0 bridgehead atoms. The first-order valence-corrected chi connectivity index (χ1v) is 11.1. The zero-order chi connectivity index (χ0) is 21.5. The van der Waals surface area contributed by atoms with Gasteiger partial charge in [0.2, 0.25) is 0 Å². The van der Waals surface area contributed by atoms with Gasteiger partial charge in [-0.15, -0.1) is 0 Å². The van der Waals surface area contributed by atoms with Crippen LogP contribution in [-0.2, 0) is 6.42 Å². The van der Waals surface area contributed by atoms with Gasteiger partial charge in [0.05, 0.1) is 0 Å². The number of hydrogen-bond donors (Lipinski definition) is 0. The highest BCUT2D eigenvalue weighted by atomic mass is 15.0. The number of allylic oxidation sites excluding steroid dienone is 4. The van der Waals surface area contributed by atoms with Crippen LogP contribution in [0, 0.1) is 0 Å². The Labute approximate surface area is 188 Å². The molecule has 0 spiro atoms. The number of rotatable bonds is 3. The zero-order valence-corrected chi connectivity index (χ0v) is 18.0. The van der Waals surface area contributed by atoms with E-state index in [1.165, 1.54) is 22.3 Å². The number of nitrogens with zero attached hydrogens (tertiary/aromatic N) is 3. The molecule has 0 amide bonds. The van der Waals surface area contributed by atoms with Gasteiger partial charge in [0.15, 0.2) is 17.5 Å². The van der Waals surface area contributed by atoms with Gasteiger partial charge in [-0.25, -0.2) is 15.0 Å². The predicted molar refractivity (Wildman–Crippen MR) is 129 cm³/mol. The molecule has 154 valence electrons. The first kappa shape index (κ1) is 18.9. The van der Waals surface area contributed by atoms with Crippen molar-refractivity contribution in [2.24, 2.45) is 0 Å². The van der Waals surface area contributed by atoms with Crippen molar-refractivity contribution < 1.29 is 0 Å². The fraction of sp³-hybridized carbons (Fsp3) is 0.138. The molecule has 0 fully saturated rings. The van der Waals surface area contributed by atoms with E-state index < -0.39 is 0 Å². The van der Waals surface area contributed by atoms with E-state index in [9.17, 15) is 0 Å². The van der Waals surface area contributed by atoms with E-state index >= 15 is 0 Å². The second-order valence-electron chi connectivity index (χ2n) is 8.64. The van der Waals surface area contributed by atoms with Gasteiger partial charge in [0.25, 0.3) is 0 Å². The summed E-state index contributed by atoms with van der Waals surface area (Å²) in [4.78, 5) is 14.6. The summed E-state index contributed by atoms with van der Waals surface area (Å²) in [6, 6.07) is 27.0. The highest BCUT2D eigenvalue weighted by Gasteiger charge is 2.29. The fourth-order valence-electron chi connectivity index (χ4n) is 4.77. The van der Waals surface area contributed by atoms with Gasteiger partial charge < -0.3 is 0 Å². The molecule has 2 aliphatic carbocycles. The van der Waals surface area contributed by atoms with E-state index in [2.05, 4.69) is 37.3 Å². The lowest BCUT2D eigenvalue weighted by Gasteiger charge is -2.18.